The topological polar surface area (TPSA) is 112 Å². The van der Waals surface area contributed by atoms with E-state index in [4.69, 9.17) is 0 Å². The van der Waals surface area contributed by atoms with Crippen LogP contribution in [0.5, 0.6) is 0 Å². The fraction of sp³-hybridized carbons (Fsp3) is 0.261. The molecular formula is C23H25N5O4S2. The largest absolute Gasteiger partial charge is 0.340 e. The summed E-state index contributed by atoms with van der Waals surface area (Å²) >= 11 is 1.30. The van der Waals surface area contributed by atoms with Crippen LogP contribution in [-0.2, 0) is 21.2 Å². The van der Waals surface area contributed by atoms with Crippen LogP contribution >= 0.6 is 11.3 Å². The smallest absolute Gasteiger partial charge is 0.325 e. The van der Waals surface area contributed by atoms with E-state index in [1.165, 1.54) is 15.6 Å². The van der Waals surface area contributed by atoms with Crippen molar-refractivity contribution >= 4 is 44.1 Å². The summed E-state index contributed by atoms with van der Waals surface area (Å²) in [4.78, 5) is 31.1. The molecule has 0 radical (unpaired) electrons. The zero-order valence-corrected chi connectivity index (χ0v) is 20.0. The number of sulfonamides is 1. The monoisotopic (exact) mass is 499 g/mol. The van der Waals surface area contributed by atoms with Crippen molar-refractivity contribution in [3.8, 4) is 0 Å². The van der Waals surface area contributed by atoms with Crippen LogP contribution in [0.25, 0.3) is 0 Å². The van der Waals surface area contributed by atoms with Gasteiger partial charge in [0.15, 0.2) is 5.13 Å². The molecule has 2 aromatic carbocycles. The summed E-state index contributed by atoms with van der Waals surface area (Å²) in [6, 6.07) is 17.0. The number of piperazine rings is 1. The van der Waals surface area contributed by atoms with Crippen LogP contribution in [-0.4, -0.2) is 60.7 Å². The maximum Gasteiger partial charge on any atom is 0.325 e. The first-order valence-corrected chi connectivity index (χ1v) is 13.1. The number of carbonyl (C=O) groups excluding carboxylic acids is 2. The van der Waals surface area contributed by atoms with Gasteiger partial charge in [-0.15, -0.1) is 11.3 Å². The van der Waals surface area contributed by atoms with Gasteiger partial charge in [0.2, 0.25) is 15.9 Å². The third kappa shape index (κ3) is 5.99. The highest BCUT2D eigenvalue weighted by molar-refractivity contribution is 7.89. The minimum absolute atomic E-state index is 0.0407. The second-order valence-corrected chi connectivity index (χ2v) is 10.5. The van der Waals surface area contributed by atoms with E-state index in [1.807, 2.05) is 23.6 Å². The van der Waals surface area contributed by atoms with Gasteiger partial charge in [-0.3, -0.25) is 10.1 Å². The second-order valence-electron chi connectivity index (χ2n) is 7.69. The van der Waals surface area contributed by atoms with Crippen LogP contribution in [0.3, 0.4) is 0 Å². The van der Waals surface area contributed by atoms with E-state index in [2.05, 4.69) is 15.6 Å². The lowest BCUT2D eigenvalue weighted by atomic mass is 10.2. The molecule has 3 amide bonds. The lowest BCUT2D eigenvalue weighted by Gasteiger charge is -2.34. The van der Waals surface area contributed by atoms with Crippen LogP contribution in [0.1, 0.15) is 12.1 Å². The molecule has 9 nitrogen and oxygen atoms in total. The molecule has 1 aliphatic rings. The number of rotatable bonds is 7. The molecule has 1 saturated heterocycles. The molecule has 1 aliphatic heterocycles. The Bertz CT molecular complexity index is 1220. The number of nitrogens with zero attached hydrogens (tertiary/aromatic N) is 3. The van der Waals surface area contributed by atoms with Crippen molar-refractivity contribution in [1.82, 2.24) is 14.2 Å². The number of carbonyl (C=O) groups is 2. The van der Waals surface area contributed by atoms with Crippen molar-refractivity contribution in [2.45, 2.75) is 17.7 Å². The zero-order chi connectivity index (χ0) is 24.0. The van der Waals surface area contributed by atoms with Gasteiger partial charge < -0.3 is 10.2 Å². The van der Waals surface area contributed by atoms with Gasteiger partial charge in [-0.25, -0.2) is 18.2 Å². The molecule has 34 heavy (non-hydrogen) atoms. The Hall–Kier alpha value is -3.28. The van der Waals surface area contributed by atoms with E-state index >= 15 is 0 Å². The molecule has 11 heteroatoms. The fourth-order valence-electron chi connectivity index (χ4n) is 3.57. The first-order chi connectivity index (χ1) is 16.4. The standard InChI is InChI=1S/C23H25N5O4S2/c29-21(27-13-15-28(16-14-27)34(31,32)20-9-5-2-6-10-20)12-11-19-17-33-23(25-19)26-22(30)24-18-7-3-1-4-8-18/h1-10,17H,11-16H2,(H2,24,25,26,30). The first kappa shape index (κ1) is 23.9. The Morgan fingerprint density at radius 3 is 2.24 bits per heavy atom. The summed E-state index contributed by atoms with van der Waals surface area (Å²) in [5.74, 6) is -0.0407. The number of aromatic nitrogens is 1. The quantitative estimate of drug-likeness (QED) is 0.518. The number of urea groups is 1. The summed E-state index contributed by atoms with van der Waals surface area (Å²) in [5.41, 5.74) is 1.40. The molecule has 4 rings (SSSR count). The Balaban J connectivity index is 1.23. The number of nitrogens with one attached hydrogen (secondary N) is 2. The predicted octanol–water partition coefficient (Wildman–Crippen LogP) is 3.25. The van der Waals surface area contributed by atoms with E-state index in [9.17, 15) is 18.0 Å². The van der Waals surface area contributed by atoms with Crippen LogP contribution in [0.2, 0.25) is 0 Å². The molecule has 0 spiro atoms. The third-order valence-electron chi connectivity index (χ3n) is 5.37. The minimum atomic E-state index is -3.55. The molecule has 2 heterocycles. The van der Waals surface area contributed by atoms with Gasteiger partial charge in [-0.05, 0) is 30.7 Å². The van der Waals surface area contributed by atoms with Crippen LogP contribution in [0, 0.1) is 0 Å². The van der Waals surface area contributed by atoms with Crippen molar-refractivity contribution in [3.05, 3.63) is 71.7 Å². The number of thiazole rings is 1. The SMILES string of the molecule is O=C(Nc1ccccc1)Nc1nc(CCC(=O)N2CCN(S(=O)(=O)c3ccccc3)CC2)cs1. The molecule has 1 fully saturated rings. The maximum atomic E-state index is 12.7. The molecule has 0 bridgehead atoms. The second kappa shape index (κ2) is 10.8. The number of benzene rings is 2. The number of aryl methyl sites for hydroxylation is 1. The highest BCUT2D eigenvalue weighted by Crippen LogP contribution is 2.19. The van der Waals surface area contributed by atoms with Gasteiger partial charge >= 0.3 is 6.03 Å². The number of anilines is 2. The van der Waals surface area contributed by atoms with E-state index in [1.54, 1.807) is 47.4 Å². The highest BCUT2D eigenvalue weighted by Gasteiger charge is 2.29. The zero-order valence-electron chi connectivity index (χ0n) is 18.4. The Labute approximate surface area is 202 Å². The van der Waals surface area contributed by atoms with Crippen LogP contribution in [0.15, 0.2) is 70.9 Å². The van der Waals surface area contributed by atoms with Crippen molar-refractivity contribution < 1.29 is 18.0 Å². The van der Waals surface area contributed by atoms with E-state index in [-0.39, 0.29) is 36.3 Å². The van der Waals surface area contributed by atoms with E-state index in [0.29, 0.717) is 30.3 Å². The number of hydrogen-bond acceptors (Lipinski definition) is 6. The van der Waals surface area contributed by atoms with E-state index < -0.39 is 10.0 Å². The molecule has 3 aromatic rings. The molecule has 2 N–H and O–H groups in total. The van der Waals surface area contributed by atoms with Crippen LogP contribution in [0.4, 0.5) is 15.6 Å². The molecule has 0 unspecified atom stereocenters. The molecular weight excluding hydrogens is 474 g/mol. The maximum absolute atomic E-state index is 12.7. The van der Waals surface area contributed by atoms with Crippen molar-refractivity contribution in [2.24, 2.45) is 0 Å². The van der Waals surface area contributed by atoms with Crippen LogP contribution < -0.4 is 10.6 Å². The van der Waals surface area contributed by atoms with Gasteiger partial charge in [-0.2, -0.15) is 4.31 Å². The van der Waals surface area contributed by atoms with Gasteiger partial charge in [0, 0.05) is 43.7 Å². The first-order valence-electron chi connectivity index (χ1n) is 10.8. The van der Waals surface area contributed by atoms with Crippen molar-refractivity contribution in [2.75, 3.05) is 36.8 Å². The Morgan fingerprint density at radius 1 is 0.912 bits per heavy atom. The van der Waals surface area contributed by atoms with Crippen molar-refractivity contribution in [1.29, 1.82) is 0 Å². The lowest BCUT2D eigenvalue weighted by Crippen LogP contribution is -2.50. The van der Waals surface area contributed by atoms with Gasteiger partial charge in [0.05, 0.1) is 10.6 Å². The Kier molecular flexibility index (Phi) is 7.56. The number of amides is 3. The minimum Gasteiger partial charge on any atom is -0.340 e. The van der Waals surface area contributed by atoms with Gasteiger partial charge in [0.25, 0.3) is 0 Å². The predicted molar refractivity (Wildman–Crippen MR) is 131 cm³/mol. The fourth-order valence-corrected chi connectivity index (χ4v) is 5.76. The van der Waals surface area contributed by atoms with Gasteiger partial charge in [0.1, 0.15) is 0 Å². The van der Waals surface area contributed by atoms with Gasteiger partial charge in [-0.1, -0.05) is 36.4 Å². The summed E-state index contributed by atoms with van der Waals surface area (Å²) in [5, 5.41) is 7.69. The average Bonchev–Trinajstić information content (AvgIpc) is 3.30. The number of hydrogen-bond donors (Lipinski definition) is 2. The lowest BCUT2D eigenvalue weighted by molar-refractivity contribution is -0.132. The summed E-state index contributed by atoms with van der Waals surface area (Å²) in [6.07, 6.45) is 0.713. The summed E-state index contributed by atoms with van der Waals surface area (Å²) in [7, 11) is -3.55. The summed E-state index contributed by atoms with van der Waals surface area (Å²) in [6.45, 7) is 1.25. The Morgan fingerprint density at radius 2 is 1.56 bits per heavy atom. The molecule has 0 atom stereocenters. The third-order valence-corrected chi connectivity index (χ3v) is 8.09. The number of para-hydroxylation sites is 1. The molecule has 178 valence electrons. The average molecular weight is 500 g/mol. The van der Waals surface area contributed by atoms with Crippen molar-refractivity contribution in [3.63, 3.8) is 0 Å². The molecule has 1 aromatic heterocycles. The molecule has 0 saturated carbocycles. The normalized spacial score (nSPS) is 14.5. The summed E-state index contributed by atoms with van der Waals surface area (Å²) < 4.78 is 26.9. The molecule has 0 aliphatic carbocycles. The highest BCUT2D eigenvalue weighted by atomic mass is 32.2. The van der Waals surface area contributed by atoms with E-state index in [0.717, 1.165) is 5.69 Å².